The summed E-state index contributed by atoms with van der Waals surface area (Å²) in [6.07, 6.45) is 4.44. The predicted molar refractivity (Wildman–Crippen MR) is 79.1 cm³/mol. The number of piperidine rings is 1. The Morgan fingerprint density at radius 3 is 3.10 bits per heavy atom. The molecule has 0 aliphatic carbocycles. The van der Waals surface area contributed by atoms with Gasteiger partial charge in [0.15, 0.2) is 11.6 Å². The van der Waals surface area contributed by atoms with Crippen LogP contribution in [0.4, 0.5) is 11.6 Å². The number of halogens is 1. The Bertz CT molecular complexity index is 631. The molecular weight excluding hydrogens is 292 g/mol. The van der Waals surface area contributed by atoms with Gasteiger partial charge >= 0.3 is 0 Å². The fourth-order valence-electron chi connectivity index (χ4n) is 2.70. The highest BCUT2D eigenvalue weighted by Gasteiger charge is 2.24. The number of hydrogen-bond donors (Lipinski definition) is 1. The Kier molecular flexibility index (Phi) is 3.92. The second kappa shape index (κ2) is 5.85. The van der Waals surface area contributed by atoms with Gasteiger partial charge in [0.2, 0.25) is 5.89 Å². The quantitative estimate of drug-likeness (QED) is 0.924. The minimum atomic E-state index is 0.317. The minimum Gasteiger partial charge on any atom is -0.382 e. The van der Waals surface area contributed by atoms with E-state index in [0.717, 1.165) is 38.2 Å². The van der Waals surface area contributed by atoms with Crippen molar-refractivity contribution in [3.05, 3.63) is 23.1 Å². The van der Waals surface area contributed by atoms with Gasteiger partial charge in [0.25, 0.3) is 0 Å². The molecule has 1 aliphatic rings. The lowest BCUT2D eigenvalue weighted by molar-refractivity contribution is 0.369. The van der Waals surface area contributed by atoms with Crippen molar-refractivity contribution in [2.45, 2.75) is 26.2 Å². The fourth-order valence-corrected chi connectivity index (χ4v) is 2.92. The van der Waals surface area contributed by atoms with Crippen LogP contribution in [-0.4, -0.2) is 33.2 Å². The number of aryl methyl sites for hydroxylation is 1. The molecule has 1 atom stereocenters. The molecule has 7 nitrogen and oxygen atoms in total. The lowest BCUT2D eigenvalue weighted by atomic mass is 9.94. The van der Waals surface area contributed by atoms with E-state index in [0.29, 0.717) is 28.5 Å². The molecule has 2 aromatic rings. The van der Waals surface area contributed by atoms with Crippen LogP contribution in [0, 0.1) is 12.8 Å². The summed E-state index contributed by atoms with van der Waals surface area (Å²) in [5.74, 6) is 2.83. The standard InChI is InChI=1S/C13H17ClN6O/c1-8-18-10(19-21-8)5-9-3-2-4-20(6-9)13-11(14)12(15)16-7-17-13/h7,9H,2-6H2,1H3,(H2,15,16,17). The summed E-state index contributed by atoms with van der Waals surface area (Å²) in [6, 6.07) is 0. The maximum absolute atomic E-state index is 6.21. The van der Waals surface area contributed by atoms with Crippen LogP contribution in [0.3, 0.4) is 0 Å². The average molecular weight is 309 g/mol. The first kappa shape index (κ1) is 14.1. The number of rotatable bonds is 3. The summed E-state index contributed by atoms with van der Waals surface area (Å²) in [7, 11) is 0. The van der Waals surface area contributed by atoms with Crippen LogP contribution >= 0.6 is 11.6 Å². The molecule has 0 bridgehead atoms. The van der Waals surface area contributed by atoms with Crippen LogP contribution < -0.4 is 10.6 Å². The SMILES string of the molecule is Cc1nc(CC2CCCN(c3ncnc(N)c3Cl)C2)no1. The van der Waals surface area contributed by atoms with Crippen molar-refractivity contribution < 1.29 is 4.52 Å². The van der Waals surface area contributed by atoms with Gasteiger partial charge in [-0.3, -0.25) is 0 Å². The third-order valence-electron chi connectivity index (χ3n) is 3.66. The Hall–Kier alpha value is -1.89. The van der Waals surface area contributed by atoms with Crippen molar-refractivity contribution in [1.82, 2.24) is 20.1 Å². The summed E-state index contributed by atoms with van der Waals surface area (Å²) in [6.45, 7) is 3.56. The molecule has 21 heavy (non-hydrogen) atoms. The van der Waals surface area contributed by atoms with Crippen LogP contribution in [0.15, 0.2) is 10.9 Å². The molecule has 3 rings (SSSR count). The van der Waals surface area contributed by atoms with E-state index < -0.39 is 0 Å². The van der Waals surface area contributed by atoms with Gasteiger partial charge in [-0.1, -0.05) is 16.8 Å². The molecular formula is C13H17ClN6O. The largest absolute Gasteiger partial charge is 0.382 e. The molecule has 112 valence electrons. The number of anilines is 2. The highest BCUT2D eigenvalue weighted by atomic mass is 35.5. The zero-order valence-electron chi connectivity index (χ0n) is 11.8. The molecule has 2 N–H and O–H groups in total. The topological polar surface area (TPSA) is 94.0 Å². The molecule has 1 fully saturated rings. The highest BCUT2D eigenvalue weighted by Crippen LogP contribution is 2.30. The molecule has 1 saturated heterocycles. The van der Waals surface area contributed by atoms with E-state index in [1.165, 1.54) is 6.33 Å². The van der Waals surface area contributed by atoms with Crippen LogP contribution in [-0.2, 0) is 6.42 Å². The van der Waals surface area contributed by atoms with Crippen molar-refractivity contribution in [3.8, 4) is 0 Å². The van der Waals surface area contributed by atoms with E-state index in [1.54, 1.807) is 6.92 Å². The van der Waals surface area contributed by atoms with E-state index in [9.17, 15) is 0 Å². The van der Waals surface area contributed by atoms with Gasteiger partial charge in [0, 0.05) is 26.4 Å². The molecule has 0 aromatic carbocycles. The average Bonchev–Trinajstić information content (AvgIpc) is 2.87. The van der Waals surface area contributed by atoms with E-state index in [2.05, 4.69) is 25.0 Å². The molecule has 0 amide bonds. The van der Waals surface area contributed by atoms with Gasteiger partial charge in [0.05, 0.1) is 0 Å². The third-order valence-corrected chi connectivity index (χ3v) is 4.02. The second-order valence-corrected chi connectivity index (χ2v) is 5.66. The lowest BCUT2D eigenvalue weighted by Gasteiger charge is -2.33. The maximum Gasteiger partial charge on any atom is 0.223 e. The number of nitrogens with two attached hydrogens (primary N) is 1. The van der Waals surface area contributed by atoms with Crippen molar-refractivity contribution in [2.24, 2.45) is 5.92 Å². The lowest BCUT2D eigenvalue weighted by Crippen LogP contribution is -2.37. The summed E-state index contributed by atoms with van der Waals surface area (Å²) >= 11 is 6.21. The zero-order chi connectivity index (χ0) is 14.8. The zero-order valence-corrected chi connectivity index (χ0v) is 12.5. The first-order valence-electron chi connectivity index (χ1n) is 6.93. The number of hydrogen-bond acceptors (Lipinski definition) is 7. The molecule has 2 aromatic heterocycles. The molecule has 0 spiro atoms. The first-order valence-corrected chi connectivity index (χ1v) is 7.31. The molecule has 0 saturated carbocycles. The molecule has 1 aliphatic heterocycles. The molecule has 0 radical (unpaired) electrons. The number of aromatic nitrogens is 4. The summed E-state index contributed by atoms with van der Waals surface area (Å²) in [5, 5.41) is 4.39. The Balaban J connectivity index is 1.72. The van der Waals surface area contributed by atoms with Crippen LogP contribution in [0.1, 0.15) is 24.6 Å². The Labute approximate surface area is 127 Å². The van der Waals surface area contributed by atoms with E-state index in [4.69, 9.17) is 21.9 Å². The van der Waals surface area contributed by atoms with Gasteiger partial charge in [-0.25, -0.2) is 9.97 Å². The number of nitrogen functional groups attached to an aromatic ring is 1. The second-order valence-electron chi connectivity index (χ2n) is 5.28. The van der Waals surface area contributed by atoms with Crippen LogP contribution in [0.25, 0.3) is 0 Å². The summed E-state index contributed by atoms with van der Waals surface area (Å²) in [5.41, 5.74) is 5.75. The monoisotopic (exact) mass is 308 g/mol. The Morgan fingerprint density at radius 2 is 2.33 bits per heavy atom. The first-order chi connectivity index (χ1) is 10.1. The normalized spacial score (nSPS) is 19.0. The van der Waals surface area contributed by atoms with Crippen molar-refractivity contribution in [1.29, 1.82) is 0 Å². The highest BCUT2D eigenvalue weighted by molar-refractivity contribution is 6.35. The van der Waals surface area contributed by atoms with Crippen LogP contribution in [0.5, 0.6) is 0 Å². The minimum absolute atomic E-state index is 0.317. The summed E-state index contributed by atoms with van der Waals surface area (Å²) in [4.78, 5) is 14.6. The van der Waals surface area contributed by atoms with Gasteiger partial charge in [-0.15, -0.1) is 0 Å². The van der Waals surface area contributed by atoms with Gasteiger partial charge in [-0.05, 0) is 18.8 Å². The number of nitrogens with zero attached hydrogens (tertiary/aromatic N) is 5. The van der Waals surface area contributed by atoms with Crippen molar-refractivity contribution in [2.75, 3.05) is 23.7 Å². The summed E-state index contributed by atoms with van der Waals surface area (Å²) < 4.78 is 5.02. The van der Waals surface area contributed by atoms with Crippen LogP contribution in [0.2, 0.25) is 5.02 Å². The molecule has 8 heteroatoms. The van der Waals surface area contributed by atoms with Gasteiger partial charge in [0.1, 0.15) is 17.2 Å². The molecule has 3 heterocycles. The predicted octanol–water partition coefficient (Wildman–Crippen LogP) is 1.86. The molecule has 1 unspecified atom stereocenters. The van der Waals surface area contributed by atoms with E-state index in [1.807, 2.05) is 0 Å². The van der Waals surface area contributed by atoms with E-state index in [-0.39, 0.29) is 0 Å². The fraction of sp³-hybridized carbons (Fsp3) is 0.538. The van der Waals surface area contributed by atoms with Crippen molar-refractivity contribution in [3.63, 3.8) is 0 Å². The van der Waals surface area contributed by atoms with E-state index >= 15 is 0 Å². The van der Waals surface area contributed by atoms with Crippen molar-refractivity contribution >= 4 is 23.2 Å². The Morgan fingerprint density at radius 1 is 1.48 bits per heavy atom. The smallest absolute Gasteiger partial charge is 0.223 e. The van der Waals surface area contributed by atoms with Gasteiger partial charge < -0.3 is 15.2 Å². The third kappa shape index (κ3) is 3.07. The van der Waals surface area contributed by atoms with Gasteiger partial charge in [-0.2, -0.15) is 4.98 Å². The maximum atomic E-state index is 6.21.